The summed E-state index contributed by atoms with van der Waals surface area (Å²) in [6, 6.07) is 25.4. The topological polar surface area (TPSA) is 80.0 Å². The van der Waals surface area contributed by atoms with Crippen molar-refractivity contribution in [2.75, 3.05) is 6.54 Å². The third-order valence-corrected chi connectivity index (χ3v) is 4.98. The Kier molecular flexibility index (Phi) is 6.14. The number of halogens is 1. The lowest BCUT2D eigenvalue weighted by atomic mass is 9.91. The average Bonchev–Trinajstić information content (AvgIpc) is 3.26. The van der Waals surface area contributed by atoms with E-state index in [2.05, 4.69) is 15.5 Å². The van der Waals surface area contributed by atoms with Crippen molar-refractivity contribution in [3.05, 3.63) is 113 Å². The maximum Gasteiger partial charge on any atom is 0.273 e. The lowest BCUT2D eigenvalue weighted by Gasteiger charge is -2.18. The van der Waals surface area contributed by atoms with Crippen LogP contribution in [0.5, 0.6) is 0 Å². The summed E-state index contributed by atoms with van der Waals surface area (Å²) < 4.78 is 13.2. The fourth-order valence-corrected chi connectivity index (χ4v) is 3.39. The Hall–Kier alpha value is -3.84. The molecular formula is C24H21FN4O2. The maximum atomic E-state index is 13.2. The molecule has 4 rings (SSSR count). The van der Waals surface area contributed by atoms with Crippen molar-refractivity contribution in [2.45, 2.75) is 12.5 Å². The highest BCUT2D eigenvalue weighted by Gasteiger charge is 2.21. The number of carbonyl (C=O) groups excluding carboxylic acids is 1. The standard InChI is InChI=1S/C24H21FN4O2/c25-19-11-13-20(14-12-19)29-27-22(16-30)23(28-29)24(31)26-15-21(17-7-3-1-4-8-17)18-9-5-2-6-10-18/h1-14,21,30H,15-16H2,(H,26,31). The monoisotopic (exact) mass is 416 g/mol. The van der Waals surface area contributed by atoms with Crippen molar-refractivity contribution in [3.63, 3.8) is 0 Å². The van der Waals surface area contributed by atoms with Gasteiger partial charge in [0, 0.05) is 12.5 Å². The average molecular weight is 416 g/mol. The quantitative estimate of drug-likeness (QED) is 0.484. The molecule has 0 fully saturated rings. The fraction of sp³-hybridized carbons (Fsp3) is 0.125. The number of rotatable bonds is 7. The van der Waals surface area contributed by atoms with Crippen molar-refractivity contribution >= 4 is 5.91 Å². The second-order valence-electron chi connectivity index (χ2n) is 7.00. The van der Waals surface area contributed by atoms with Gasteiger partial charge in [-0.25, -0.2) is 4.39 Å². The van der Waals surface area contributed by atoms with Crippen LogP contribution < -0.4 is 5.32 Å². The second kappa shape index (κ2) is 9.32. The smallest absolute Gasteiger partial charge is 0.273 e. The summed E-state index contributed by atoms with van der Waals surface area (Å²) in [4.78, 5) is 14.1. The SMILES string of the molecule is O=C(NCC(c1ccccc1)c1ccccc1)c1nn(-c2ccc(F)cc2)nc1CO. The Morgan fingerprint density at radius 2 is 1.48 bits per heavy atom. The molecule has 0 aliphatic carbocycles. The Morgan fingerprint density at radius 1 is 0.903 bits per heavy atom. The summed E-state index contributed by atoms with van der Waals surface area (Å²) in [6.07, 6.45) is 0. The molecule has 1 amide bonds. The van der Waals surface area contributed by atoms with Crippen molar-refractivity contribution in [1.82, 2.24) is 20.3 Å². The van der Waals surface area contributed by atoms with E-state index in [-0.39, 0.29) is 23.1 Å². The highest BCUT2D eigenvalue weighted by molar-refractivity contribution is 5.93. The van der Waals surface area contributed by atoms with Crippen LogP contribution in [0.25, 0.3) is 5.69 Å². The third-order valence-electron chi connectivity index (χ3n) is 4.98. The van der Waals surface area contributed by atoms with Gasteiger partial charge in [-0.3, -0.25) is 4.79 Å². The number of benzene rings is 3. The molecule has 3 aromatic carbocycles. The molecule has 2 N–H and O–H groups in total. The van der Waals surface area contributed by atoms with E-state index in [0.29, 0.717) is 12.2 Å². The van der Waals surface area contributed by atoms with Crippen LogP contribution in [0.1, 0.15) is 33.2 Å². The van der Waals surface area contributed by atoms with Gasteiger partial charge in [-0.15, -0.1) is 10.2 Å². The number of hydrogen-bond donors (Lipinski definition) is 2. The normalized spacial score (nSPS) is 10.9. The highest BCUT2D eigenvalue weighted by Crippen LogP contribution is 2.24. The van der Waals surface area contributed by atoms with Crippen molar-refractivity contribution < 1.29 is 14.3 Å². The zero-order valence-electron chi connectivity index (χ0n) is 16.6. The van der Waals surface area contributed by atoms with E-state index >= 15 is 0 Å². The summed E-state index contributed by atoms with van der Waals surface area (Å²) in [7, 11) is 0. The first-order valence-electron chi connectivity index (χ1n) is 9.87. The van der Waals surface area contributed by atoms with E-state index < -0.39 is 12.5 Å². The zero-order chi connectivity index (χ0) is 21.6. The minimum Gasteiger partial charge on any atom is -0.390 e. The molecule has 0 spiro atoms. The molecule has 6 nitrogen and oxygen atoms in total. The molecule has 0 saturated carbocycles. The third kappa shape index (κ3) is 4.67. The number of aliphatic hydroxyl groups excluding tert-OH is 1. The van der Waals surface area contributed by atoms with Crippen LogP contribution in [0.15, 0.2) is 84.9 Å². The van der Waals surface area contributed by atoms with Gasteiger partial charge in [-0.1, -0.05) is 60.7 Å². The zero-order valence-corrected chi connectivity index (χ0v) is 16.6. The van der Waals surface area contributed by atoms with Crippen LogP contribution in [0.2, 0.25) is 0 Å². The first-order valence-corrected chi connectivity index (χ1v) is 9.87. The molecule has 0 aliphatic rings. The van der Waals surface area contributed by atoms with Gasteiger partial charge in [-0.2, -0.15) is 4.80 Å². The van der Waals surface area contributed by atoms with Gasteiger partial charge in [0.25, 0.3) is 5.91 Å². The first-order chi connectivity index (χ1) is 15.2. The molecule has 156 valence electrons. The van der Waals surface area contributed by atoms with Gasteiger partial charge in [0.15, 0.2) is 5.69 Å². The summed E-state index contributed by atoms with van der Waals surface area (Å²) in [5, 5.41) is 20.9. The van der Waals surface area contributed by atoms with E-state index in [0.717, 1.165) is 11.1 Å². The van der Waals surface area contributed by atoms with Gasteiger partial charge in [-0.05, 0) is 35.4 Å². The van der Waals surface area contributed by atoms with Crippen LogP contribution in [0.4, 0.5) is 4.39 Å². The highest BCUT2D eigenvalue weighted by atomic mass is 19.1. The van der Waals surface area contributed by atoms with E-state index in [4.69, 9.17) is 0 Å². The number of aliphatic hydroxyl groups is 1. The Balaban J connectivity index is 1.56. The lowest BCUT2D eigenvalue weighted by Crippen LogP contribution is -2.30. The molecule has 0 atom stereocenters. The number of amides is 1. The molecule has 1 aromatic heterocycles. The second-order valence-corrected chi connectivity index (χ2v) is 7.00. The number of hydrogen-bond acceptors (Lipinski definition) is 4. The van der Waals surface area contributed by atoms with Crippen LogP contribution in [0, 0.1) is 5.82 Å². The van der Waals surface area contributed by atoms with Crippen LogP contribution >= 0.6 is 0 Å². The summed E-state index contributed by atoms with van der Waals surface area (Å²) in [6.45, 7) is -0.0914. The number of carbonyl (C=O) groups is 1. The van der Waals surface area contributed by atoms with Gasteiger partial charge >= 0.3 is 0 Å². The van der Waals surface area contributed by atoms with E-state index in [1.165, 1.54) is 29.1 Å². The Morgan fingerprint density at radius 3 is 2.03 bits per heavy atom. The minimum absolute atomic E-state index is 0.0340. The number of nitrogens with zero attached hydrogens (tertiary/aromatic N) is 3. The molecule has 0 bridgehead atoms. The van der Waals surface area contributed by atoms with E-state index in [1.807, 2.05) is 60.7 Å². The fourth-order valence-electron chi connectivity index (χ4n) is 3.39. The van der Waals surface area contributed by atoms with E-state index in [1.54, 1.807) is 0 Å². The molecule has 0 unspecified atom stereocenters. The number of nitrogens with one attached hydrogen (secondary N) is 1. The Bertz CT molecular complexity index is 1110. The summed E-state index contributed by atoms with van der Waals surface area (Å²) in [5.41, 5.74) is 2.82. The van der Waals surface area contributed by atoms with Crippen LogP contribution in [0.3, 0.4) is 0 Å². The minimum atomic E-state index is -0.440. The molecular weight excluding hydrogens is 395 g/mol. The predicted octanol–water partition coefficient (Wildman–Crippen LogP) is 3.46. The number of aromatic nitrogens is 3. The molecule has 7 heteroatoms. The van der Waals surface area contributed by atoms with Gasteiger partial charge in [0.2, 0.25) is 0 Å². The van der Waals surface area contributed by atoms with Crippen molar-refractivity contribution in [2.24, 2.45) is 0 Å². The van der Waals surface area contributed by atoms with E-state index in [9.17, 15) is 14.3 Å². The maximum absolute atomic E-state index is 13.2. The van der Waals surface area contributed by atoms with Gasteiger partial charge in [0.1, 0.15) is 11.5 Å². The molecule has 0 saturated heterocycles. The van der Waals surface area contributed by atoms with Crippen LogP contribution in [-0.2, 0) is 6.61 Å². The van der Waals surface area contributed by atoms with Gasteiger partial charge in [0.05, 0.1) is 12.3 Å². The molecule has 0 radical (unpaired) electrons. The molecule has 1 heterocycles. The van der Waals surface area contributed by atoms with Gasteiger partial charge < -0.3 is 10.4 Å². The predicted molar refractivity (Wildman–Crippen MR) is 114 cm³/mol. The molecule has 31 heavy (non-hydrogen) atoms. The summed E-state index contributed by atoms with van der Waals surface area (Å²) in [5.74, 6) is -0.866. The molecule has 4 aromatic rings. The lowest BCUT2D eigenvalue weighted by molar-refractivity contribution is 0.0944. The largest absolute Gasteiger partial charge is 0.390 e. The van der Waals surface area contributed by atoms with Crippen LogP contribution in [-0.4, -0.2) is 32.6 Å². The molecule has 0 aliphatic heterocycles. The first kappa shape index (κ1) is 20.4. The Labute approximate surface area is 179 Å². The van der Waals surface area contributed by atoms with Crippen molar-refractivity contribution in [1.29, 1.82) is 0 Å². The van der Waals surface area contributed by atoms with Crippen molar-refractivity contribution in [3.8, 4) is 5.69 Å². The summed E-state index contributed by atoms with van der Waals surface area (Å²) >= 11 is 0.